The van der Waals surface area contributed by atoms with E-state index in [1.54, 1.807) is 18.3 Å². The van der Waals surface area contributed by atoms with Crippen LogP contribution in [0.15, 0.2) is 42.7 Å². The molecule has 0 N–H and O–H groups in total. The van der Waals surface area contributed by atoms with Crippen molar-refractivity contribution in [3.05, 3.63) is 64.7 Å². The van der Waals surface area contributed by atoms with Gasteiger partial charge in [-0.3, -0.25) is 9.78 Å². The molecule has 0 fully saturated rings. The van der Waals surface area contributed by atoms with Gasteiger partial charge >= 0.3 is 0 Å². The Balaban J connectivity index is 2.46. The van der Waals surface area contributed by atoms with Crippen LogP contribution < -0.4 is 0 Å². The summed E-state index contributed by atoms with van der Waals surface area (Å²) in [5.41, 5.74) is 0.296. The number of hydrogen-bond donors (Lipinski definition) is 0. The number of halogens is 2. The Hall–Kier alpha value is -1.74. The molecular weight excluding hydrogens is 229 g/mol. The maximum absolute atomic E-state index is 13.6. The third-order valence-corrected chi connectivity index (χ3v) is 2.41. The van der Waals surface area contributed by atoms with Gasteiger partial charge in [-0.25, -0.2) is 4.39 Å². The lowest BCUT2D eigenvalue weighted by molar-refractivity contribution is 0.103. The average Bonchev–Trinajstić information content (AvgIpc) is 2.33. The molecule has 0 atom stereocenters. The second-order valence-electron chi connectivity index (χ2n) is 3.17. The minimum Gasteiger partial charge on any atom is -0.288 e. The second kappa shape index (κ2) is 4.41. The monoisotopic (exact) mass is 235 g/mol. The van der Waals surface area contributed by atoms with Crippen LogP contribution in [0.3, 0.4) is 0 Å². The standard InChI is InChI=1S/C12H7ClFNO/c13-10-5-1-4-9(11(10)14)12(16)8-3-2-6-15-7-8/h1-7H. The van der Waals surface area contributed by atoms with E-state index >= 15 is 0 Å². The Kier molecular flexibility index (Phi) is 2.97. The lowest BCUT2D eigenvalue weighted by atomic mass is 10.0. The van der Waals surface area contributed by atoms with Crippen LogP contribution in [0.25, 0.3) is 0 Å². The predicted molar refractivity (Wildman–Crippen MR) is 59.1 cm³/mol. The van der Waals surface area contributed by atoms with Gasteiger partial charge in [0, 0.05) is 18.0 Å². The van der Waals surface area contributed by atoms with E-state index in [9.17, 15) is 9.18 Å². The van der Waals surface area contributed by atoms with Gasteiger partial charge in [0.25, 0.3) is 0 Å². The molecule has 0 spiro atoms. The first-order chi connectivity index (χ1) is 7.70. The summed E-state index contributed by atoms with van der Waals surface area (Å²) in [5, 5.41) is -0.0604. The van der Waals surface area contributed by atoms with E-state index in [2.05, 4.69) is 4.98 Å². The third-order valence-electron chi connectivity index (χ3n) is 2.12. The van der Waals surface area contributed by atoms with Crippen LogP contribution in [0.5, 0.6) is 0 Å². The normalized spacial score (nSPS) is 10.1. The van der Waals surface area contributed by atoms with E-state index in [4.69, 9.17) is 11.6 Å². The van der Waals surface area contributed by atoms with Gasteiger partial charge in [0.05, 0.1) is 10.6 Å². The minimum atomic E-state index is -0.696. The molecule has 0 aliphatic heterocycles. The third kappa shape index (κ3) is 1.95. The number of pyridine rings is 1. The van der Waals surface area contributed by atoms with Crippen LogP contribution in [0.4, 0.5) is 4.39 Å². The number of carbonyl (C=O) groups is 1. The molecule has 16 heavy (non-hydrogen) atoms. The molecule has 1 aromatic heterocycles. The van der Waals surface area contributed by atoms with E-state index in [0.29, 0.717) is 5.56 Å². The molecule has 4 heteroatoms. The summed E-state index contributed by atoms with van der Waals surface area (Å²) in [6.45, 7) is 0. The Bertz CT molecular complexity index is 528. The molecule has 2 aromatic rings. The zero-order chi connectivity index (χ0) is 11.5. The summed E-state index contributed by atoms with van der Waals surface area (Å²) in [7, 11) is 0. The molecule has 2 nitrogen and oxygen atoms in total. The van der Waals surface area contributed by atoms with Crippen molar-refractivity contribution < 1.29 is 9.18 Å². The molecule has 0 bridgehead atoms. The Morgan fingerprint density at radius 1 is 1.25 bits per heavy atom. The van der Waals surface area contributed by atoms with Crippen molar-refractivity contribution in [2.75, 3.05) is 0 Å². The highest BCUT2D eigenvalue weighted by Crippen LogP contribution is 2.20. The number of carbonyl (C=O) groups excluding carboxylic acids is 1. The van der Waals surface area contributed by atoms with Gasteiger partial charge in [0.2, 0.25) is 0 Å². The highest BCUT2D eigenvalue weighted by Gasteiger charge is 2.15. The largest absolute Gasteiger partial charge is 0.288 e. The summed E-state index contributed by atoms with van der Waals surface area (Å²) in [6.07, 6.45) is 2.94. The molecule has 0 aliphatic carbocycles. The first kappa shape index (κ1) is 10.8. The van der Waals surface area contributed by atoms with Crippen LogP contribution in [0, 0.1) is 5.82 Å². The lowest BCUT2D eigenvalue weighted by Gasteiger charge is -2.03. The van der Waals surface area contributed by atoms with Crippen LogP contribution in [0.2, 0.25) is 5.02 Å². The second-order valence-corrected chi connectivity index (χ2v) is 3.58. The maximum Gasteiger partial charge on any atom is 0.197 e. The van der Waals surface area contributed by atoms with Crippen molar-refractivity contribution in [1.29, 1.82) is 0 Å². The highest BCUT2D eigenvalue weighted by molar-refractivity contribution is 6.31. The summed E-state index contributed by atoms with van der Waals surface area (Å²) in [6, 6.07) is 7.54. The van der Waals surface area contributed by atoms with Crippen molar-refractivity contribution in [3.8, 4) is 0 Å². The number of rotatable bonds is 2. The van der Waals surface area contributed by atoms with Crippen molar-refractivity contribution in [3.63, 3.8) is 0 Å². The molecule has 80 valence electrons. The van der Waals surface area contributed by atoms with Crippen LogP contribution >= 0.6 is 11.6 Å². The summed E-state index contributed by atoms with van der Waals surface area (Å²) in [5.74, 6) is -1.12. The molecule has 0 radical (unpaired) electrons. The van der Waals surface area contributed by atoms with Crippen LogP contribution in [0.1, 0.15) is 15.9 Å². The topological polar surface area (TPSA) is 30.0 Å². The molecule has 1 aromatic carbocycles. The zero-order valence-corrected chi connectivity index (χ0v) is 8.91. The van der Waals surface area contributed by atoms with E-state index in [0.717, 1.165) is 0 Å². The smallest absolute Gasteiger partial charge is 0.197 e. The molecular formula is C12H7ClFNO. The van der Waals surface area contributed by atoms with Crippen molar-refractivity contribution in [2.45, 2.75) is 0 Å². The molecule has 0 saturated heterocycles. The van der Waals surface area contributed by atoms with E-state index in [1.807, 2.05) is 0 Å². The van der Waals surface area contributed by atoms with Gasteiger partial charge in [0.1, 0.15) is 0 Å². The predicted octanol–water partition coefficient (Wildman–Crippen LogP) is 3.11. The van der Waals surface area contributed by atoms with Gasteiger partial charge in [-0.2, -0.15) is 0 Å². The summed E-state index contributed by atoms with van der Waals surface area (Å²) in [4.78, 5) is 15.7. The van der Waals surface area contributed by atoms with E-state index in [1.165, 1.54) is 24.4 Å². The first-order valence-electron chi connectivity index (χ1n) is 4.59. The van der Waals surface area contributed by atoms with E-state index in [-0.39, 0.29) is 10.6 Å². The van der Waals surface area contributed by atoms with Crippen LogP contribution in [-0.2, 0) is 0 Å². The summed E-state index contributed by atoms with van der Waals surface area (Å²) >= 11 is 5.60. The van der Waals surface area contributed by atoms with E-state index < -0.39 is 11.6 Å². The number of benzene rings is 1. The molecule has 0 saturated carbocycles. The van der Waals surface area contributed by atoms with Gasteiger partial charge in [-0.15, -0.1) is 0 Å². The van der Waals surface area contributed by atoms with Crippen molar-refractivity contribution in [2.24, 2.45) is 0 Å². The van der Waals surface area contributed by atoms with Gasteiger partial charge < -0.3 is 0 Å². The molecule has 1 heterocycles. The number of hydrogen-bond acceptors (Lipinski definition) is 2. The maximum atomic E-state index is 13.6. The van der Waals surface area contributed by atoms with Crippen molar-refractivity contribution in [1.82, 2.24) is 4.98 Å². The van der Waals surface area contributed by atoms with Crippen LogP contribution in [-0.4, -0.2) is 10.8 Å². The zero-order valence-electron chi connectivity index (χ0n) is 8.15. The fourth-order valence-corrected chi connectivity index (χ4v) is 1.51. The first-order valence-corrected chi connectivity index (χ1v) is 4.96. The van der Waals surface area contributed by atoms with Gasteiger partial charge in [-0.05, 0) is 24.3 Å². The Morgan fingerprint density at radius 3 is 2.75 bits per heavy atom. The fraction of sp³-hybridized carbons (Fsp3) is 0. The molecule has 0 aliphatic rings. The average molecular weight is 236 g/mol. The number of aromatic nitrogens is 1. The number of nitrogens with zero attached hydrogens (tertiary/aromatic N) is 1. The Labute approximate surface area is 96.7 Å². The molecule has 0 amide bonds. The molecule has 2 rings (SSSR count). The highest BCUT2D eigenvalue weighted by atomic mass is 35.5. The summed E-state index contributed by atoms with van der Waals surface area (Å²) < 4.78 is 13.6. The number of ketones is 1. The lowest BCUT2D eigenvalue weighted by Crippen LogP contribution is -2.04. The van der Waals surface area contributed by atoms with Crippen molar-refractivity contribution >= 4 is 17.4 Å². The van der Waals surface area contributed by atoms with Gasteiger partial charge in [0.15, 0.2) is 11.6 Å². The molecule has 0 unspecified atom stereocenters. The Morgan fingerprint density at radius 2 is 2.06 bits per heavy atom. The van der Waals surface area contributed by atoms with Gasteiger partial charge in [-0.1, -0.05) is 17.7 Å². The fourth-order valence-electron chi connectivity index (χ4n) is 1.33. The minimum absolute atomic E-state index is 0.0412. The SMILES string of the molecule is O=C(c1cccnc1)c1cccc(Cl)c1F. The quantitative estimate of drug-likeness (QED) is 0.749.